The molecule has 0 bridgehead atoms. The molecule has 216 valence electrons. The average Bonchev–Trinajstić information content (AvgIpc) is 3.59. The molecule has 3 aromatic carbocycles. The van der Waals surface area contributed by atoms with Crippen molar-refractivity contribution in [3.05, 3.63) is 119 Å². The van der Waals surface area contributed by atoms with Crippen LogP contribution in [-0.4, -0.2) is 68.9 Å². The van der Waals surface area contributed by atoms with E-state index in [9.17, 15) is 15.0 Å². The number of imidazole rings is 1. The van der Waals surface area contributed by atoms with Gasteiger partial charge in [0.1, 0.15) is 35.4 Å². The number of methoxy groups -OCH3 is 2. The maximum Gasteiger partial charge on any atom is 0.278 e. The van der Waals surface area contributed by atoms with Gasteiger partial charge in [0.15, 0.2) is 17.4 Å². The van der Waals surface area contributed by atoms with Gasteiger partial charge in [-0.1, -0.05) is 54.6 Å². The van der Waals surface area contributed by atoms with E-state index < -0.39 is 35.7 Å². The highest BCUT2D eigenvalue weighted by Gasteiger charge is 2.47. The number of aromatic amines is 1. The summed E-state index contributed by atoms with van der Waals surface area (Å²) in [6.07, 6.45) is -1.98. The monoisotopic (exact) mass is 570 g/mol. The van der Waals surface area contributed by atoms with Crippen molar-refractivity contribution in [3.63, 3.8) is 0 Å². The van der Waals surface area contributed by atoms with Gasteiger partial charge in [-0.3, -0.25) is 9.36 Å². The van der Waals surface area contributed by atoms with E-state index in [1.807, 2.05) is 78.9 Å². The third-order valence-corrected chi connectivity index (χ3v) is 7.61. The van der Waals surface area contributed by atoms with Crippen molar-refractivity contribution >= 4 is 11.2 Å². The number of nitrogens with zero attached hydrogens (tertiary/aromatic N) is 3. The van der Waals surface area contributed by atoms with Crippen LogP contribution in [0.25, 0.3) is 11.2 Å². The van der Waals surface area contributed by atoms with Gasteiger partial charge < -0.3 is 34.1 Å². The fourth-order valence-corrected chi connectivity index (χ4v) is 5.43. The maximum absolute atomic E-state index is 12.2. The van der Waals surface area contributed by atoms with Gasteiger partial charge in [0.2, 0.25) is 0 Å². The smallest absolute Gasteiger partial charge is 0.278 e. The Morgan fingerprint density at radius 2 is 1.45 bits per heavy atom. The van der Waals surface area contributed by atoms with Crippen molar-refractivity contribution in [3.8, 4) is 11.5 Å². The Balaban J connectivity index is 1.39. The van der Waals surface area contributed by atoms with Gasteiger partial charge in [-0.05, 0) is 41.0 Å². The molecule has 11 heteroatoms. The molecular formula is C31H30N4O7. The minimum atomic E-state index is -1.33. The first-order chi connectivity index (χ1) is 20.5. The van der Waals surface area contributed by atoms with Crippen LogP contribution >= 0.6 is 0 Å². The van der Waals surface area contributed by atoms with Crippen LogP contribution < -0.4 is 15.0 Å². The van der Waals surface area contributed by atoms with Gasteiger partial charge in [-0.15, -0.1) is 0 Å². The van der Waals surface area contributed by atoms with Gasteiger partial charge in [-0.25, -0.2) is 9.97 Å². The highest BCUT2D eigenvalue weighted by molar-refractivity contribution is 5.68. The predicted molar refractivity (Wildman–Crippen MR) is 152 cm³/mol. The molecule has 0 unspecified atom stereocenters. The molecule has 1 aliphatic heterocycles. The molecule has 1 fully saturated rings. The molecule has 1 aliphatic rings. The van der Waals surface area contributed by atoms with Crippen LogP contribution in [0.2, 0.25) is 0 Å². The largest absolute Gasteiger partial charge is 0.497 e. The number of benzene rings is 3. The molecule has 0 saturated carbocycles. The predicted octanol–water partition coefficient (Wildman–Crippen LogP) is 2.76. The lowest BCUT2D eigenvalue weighted by molar-refractivity contribution is -0.0942. The molecule has 0 radical (unpaired) electrons. The Hall–Kier alpha value is -4.55. The summed E-state index contributed by atoms with van der Waals surface area (Å²) in [6.45, 7) is -0.0949. The molecular weight excluding hydrogens is 540 g/mol. The van der Waals surface area contributed by atoms with Crippen LogP contribution in [0, 0.1) is 0 Å². The molecule has 3 heterocycles. The van der Waals surface area contributed by atoms with E-state index in [4.69, 9.17) is 18.9 Å². The standard InChI is InChI=1S/C31H30N4O7/c1-39-22-12-8-20(9-13-22)31(19-6-4-3-5-7-19,21-10-14-23(40-2)15-11-21)41-16-24-26(36)27(37)30(42-24)35-18-34-25-28(35)32-17-33-29(25)38/h3-15,17-18,24,26-27,30,36-37H,16H2,1-2H3,(H,32,33,38)/t24-,26-,27-,30+/m0/s1. The molecule has 6 rings (SSSR count). The molecule has 5 aromatic rings. The number of aromatic nitrogens is 4. The van der Waals surface area contributed by atoms with E-state index in [2.05, 4.69) is 15.0 Å². The second-order valence-corrected chi connectivity index (χ2v) is 9.92. The van der Waals surface area contributed by atoms with Crippen LogP contribution in [0.5, 0.6) is 11.5 Å². The summed E-state index contributed by atoms with van der Waals surface area (Å²) in [5.74, 6) is 1.38. The molecule has 1 saturated heterocycles. The Morgan fingerprint density at radius 3 is 2.05 bits per heavy atom. The zero-order valence-corrected chi connectivity index (χ0v) is 23.0. The highest BCUT2D eigenvalue weighted by Crippen LogP contribution is 2.43. The van der Waals surface area contributed by atoms with Gasteiger partial charge >= 0.3 is 0 Å². The van der Waals surface area contributed by atoms with Crippen LogP contribution in [0.1, 0.15) is 22.9 Å². The van der Waals surface area contributed by atoms with E-state index in [0.717, 1.165) is 16.7 Å². The number of hydrogen-bond donors (Lipinski definition) is 3. The zero-order chi connectivity index (χ0) is 29.3. The van der Waals surface area contributed by atoms with Crippen molar-refractivity contribution in [1.29, 1.82) is 0 Å². The second-order valence-electron chi connectivity index (χ2n) is 9.92. The summed E-state index contributed by atoms with van der Waals surface area (Å²) in [4.78, 5) is 22.9. The first-order valence-electron chi connectivity index (χ1n) is 13.4. The lowest BCUT2D eigenvalue weighted by Crippen LogP contribution is -2.39. The van der Waals surface area contributed by atoms with E-state index in [0.29, 0.717) is 11.5 Å². The molecule has 0 spiro atoms. The van der Waals surface area contributed by atoms with Gasteiger partial charge in [-0.2, -0.15) is 0 Å². The fraction of sp³-hybridized carbons (Fsp3) is 0.258. The van der Waals surface area contributed by atoms with Crippen molar-refractivity contribution < 1.29 is 29.2 Å². The van der Waals surface area contributed by atoms with E-state index >= 15 is 0 Å². The number of fused-ring (bicyclic) bond motifs is 1. The van der Waals surface area contributed by atoms with E-state index in [1.165, 1.54) is 17.2 Å². The van der Waals surface area contributed by atoms with E-state index in [-0.39, 0.29) is 17.8 Å². The summed E-state index contributed by atoms with van der Waals surface area (Å²) in [5, 5.41) is 22.1. The Morgan fingerprint density at radius 1 is 0.857 bits per heavy atom. The first-order valence-corrected chi connectivity index (χ1v) is 13.4. The maximum atomic E-state index is 12.2. The lowest BCUT2D eigenvalue weighted by Gasteiger charge is -2.37. The van der Waals surface area contributed by atoms with Crippen LogP contribution in [0.15, 0.2) is 96.3 Å². The van der Waals surface area contributed by atoms with Crippen molar-refractivity contribution in [1.82, 2.24) is 19.5 Å². The van der Waals surface area contributed by atoms with Crippen LogP contribution in [0.4, 0.5) is 0 Å². The first kappa shape index (κ1) is 27.6. The minimum Gasteiger partial charge on any atom is -0.497 e. The third-order valence-electron chi connectivity index (χ3n) is 7.61. The zero-order valence-electron chi connectivity index (χ0n) is 23.0. The number of ether oxygens (including phenoxy) is 4. The Bertz CT molecular complexity index is 1660. The van der Waals surface area contributed by atoms with Gasteiger partial charge in [0.25, 0.3) is 5.56 Å². The molecule has 0 aliphatic carbocycles. The lowest BCUT2D eigenvalue weighted by atomic mass is 9.80. The quantitative estimate of drug-likeness (QED) is 0.228. The number of nitrogens with one attached hydrogen (secondary N) is 1. The summed E-state index contributed by atoms with van der Waals surface area (Å²) in [7, 11) is 3.21. The molecule has 0 amide bonds. The summed E-state index contributed by atoms with van der Waals surface area (Å²) in [6, 6.07) is 24.9. The van der Waals surface area contributed by atoms with Gasteiger partial charge in [0, 0.05) is 0 Å². The average molecular weight is 571 g/mol. The summed E-state index contributed by atoms with van der Waals surface area (Å²) in [5.41, 5.74) is 1.24. The fourth-order valence-electron chi connectivity index (χ4n) is 5.43. The summed E-state index contributed by atoms with van der Waals surface area (Å²) < 4.78 is 25.2. The van der Waals surface area contributed by atoms with E-state index in [1.54, 1.807) is 14.2 Å². The number of hydrogen-bond acceptors (Lipinski definition) is 9. The number of H-pyrrole nitrogens is 1. The Kier molecular flexibility index (Phi) is 7.48. The number of aliphatic hydroxyl groups is 2. The Labute approximate surface area is 240 Å². The number of rotatable bonds is 9. The van der Waals surface area contributed by atoms with Crippen LogP contribution in [0.3, 0.4) is 0 Å². The van der Waals surface area contributed by atoms with Crippen molar-refractivity contribution in [2.75, 3.05) is 20.8 Å². The topological polar surface area (TPSA) is 141 Å². The van der Waals surface area contributed by atoms with Crippen molar-refractivity contribution in [2.45, 2.75) is 30.1 Å². The normalized spacial score (nSPS) is 20.6. The SMILES string of the molecule is COc1ccc(C(OC[C@@H]2O[C@@H](n3cnc4c(=O)[nH]cnc43)[C@@H](O)[C@H]2O)(c2ccccc2)c2ccc(OC)cc2)cc1. The molecule has 11 nitrogen and oxygen atoms in total. The molecule has 2 aromatic heterocycles. The molecule has 4 atom stereocenters. The minimum absolute atomic E-state index is 0.0949. The highest BCUT2D eigenvalue weighted by atomic mass is 16.6. The van der Waals surface area contributed by atoms with Gasteiger partial charge in [0.05, 0.1) is 33.5 Å². The summed E-state index contributed by atoms with van der Waals surface area (Å²) >= 11 is 0. The number of aliphatic hydroxyl groups excluding tert-OH is 2. The molecule has 3 N–H and O–H groups in total. The van der Waals surface area contributed by atoms with Crippen molar-refractivity contribution in [2.24, 2.45) is 0 Å². The second kappa shape index (κ2) is 11.4. The third kappa shape index (κ3) is 4.72. The molecule has 42 heavy (non-hydrogen) atoms. The van der Waals surface area contributed by atoms with Crippen LogP contribution in [-0.2, 0) is 15.1 Å².